The number of anilines is 1. The first-order valence-electron chi connectivity index (χ1n) is 9.35. The standard InChI is InChI=1S/C24H18F3NO4/c1-32-19-4-2-3-15(13-19)5-6-16-7-12-20(23(30)31)21(14-16)28-22(29)17-8-10-18(11-9-17)24(25,26)27/h2-14H,1H3,(H,28,29)(H,30,31)/b6-5+. The number of alkyl halides is 3. The predicted octanol–water partition coefficient (Wildman–Crippen LogP) is 5.83. The topological polar surface area (TPSA) is 75.6 Å². The summed E-state index contributed by atoms with van der Waals surface area (Å²) in [6, 6.07) is 15.3. The Morgan fingerprint density at radius 3 is 2.19 bits per heavy atom. The number of carboxylic acids is 1. The van der Waals surface area contributed by atoms with E-state index >= 15 is 0 Å². The maximum absolute atomic E-state index is 12.7. The Labute approximate surface area is 181 Å². The van der Waals surface area contributed by atoms with Crippen molar-refractivity contribution in [3.8, 4) is 5.75 Å². The Balaban J connectivity index is 1.85. The molecule has 0 spiro atoms. The van der Waals surface area contributed by atoms with Crippen LogP contribution in [0.25, 0.3) is 12.2 Å². The number of ether oxygens (including phenoxy) is 1. The second kappa shape index (κ2) is 9.38. The third-order valence-corrected chi connectivity index (χ3v) is 4.56. The zero-order chi connectivity index (χ0) is 23.3. The van der Waals surface area contributed by atoms with Crippen molar-refractivity contribution in [3.63, 3.8) is 0 Å². The third-order valence-electron chi connectivity index (χ3n) is 4.56. The number of benzene rings is 3. The summed E-state index contributed by atoms with van der Waals surface area (Å²) in [6.07, 6.45) is -0.997. The number of carboxylic acid groups (broad SMARTS) is 1. The summed E-state index contributed by atoms with van der Waals surface area (Å²) >= 11 is 0. The largest absolute Gasteiger partial charge is 0.497 e. The van der Waals surface area contributed by atoms with Crippen LogP contribution in [-0.2, 0) is 6.18 Å². The third kappa shape index (κ3) is 5.54. The van der Waals surface area contributed by atoms with Gasteiger partial charge in [0.15, 0.2) is 0 Å². The normalized spacial score (nSPS) is 11.4. The number of aromatic carboxylic acids is 1. The maximum atomic E-state index is 12.7. The van der Waals surface area contributed by atoms with E-state index in [0.29, 0.717) is 11.3 Å². The van der Waals surface area contributed by atoms with Gasteiger partial charge in [0.25, 0.3) is 5.91 Å². The van der Waals surface area contributed by atoms with E-state index in [2.05, 4.69) is 5.32 Å². The Kier molecular flexibility index (Phi) is 6.63. The number of methoxy groups -OCH3 is 1. The lowest BCUT2D eigenvalue weighted by atomic mass is 10.1. The number of halogens is 3. The molecule has 0 heterocycles. The van der Waals surface area contributed by atoms with Gasteiger partial charge in [-0.25, -0.2) is 4.79 Å². The lowest BCUT2D eigenvalue weighted by Gasteiger charge is -2.11. The molecule has 3 aromatic carbocycles. The molecule has 0 radical (unpaired) electrons. The van der Waals surface area contributed by atoms with Gasteiger partial charge in [-0.3, -0.25) is 4.79 Å². The summed E-state index contributed by atoms with van der Waals surface area (Å²) in [5.74, 6) is -1.30. The van der Waals surface area contributed by atoms with Crippen molar-refractivity contribution >= 4 is 29.7 Å². The van der Waals surface area contributed by atoms with E-state index in [1.807, 2.05) is 18.2 Å². The highest BCUT2D eigenvalue weighted by Crippen LogP contribution is 2.29. The summed E-state index contributed by atoms with van der Waals surface area (Å²) in [6.45, 7) is 0. The quantitative estimate of drug-likeness (QED) is 0.472. The van der Waals surface area contributed by atoms with Gasteiger partial charge in [-0.2, -0.15) is 13.2 Å². The van der Waals surface area contributed by atoms with Gasteiger partial charge in [-0.1, -0.05) is 30.4 Å². The van der Waals surface area contributed by atoms with E-state index in [9.17, 15) is 27.9 Å². The maximum Gasteiger partial charge on any atom is 0.416 e. The van der Waals surface area contributed by atoms with Crippen LogP contribution < -0.4 is 10.1 Å². The fourth-order valence-corrected chi connectivity index (χ4v) is 2.90. The van der Waals surface area contributed by atoms with Crippen LogP contribution in [0.5, 0.6) is 5.75 Å². The lowest BCUT2D eigenvalue weighted by Crippen LogP contribution is -2.15. The first-order chi connectivity index (χ1) is 15.2. The van der Waals surface area contributed by atoms with Crippen molar-refractivity contribution in [3.05, 3.63) is 94.5 Å². The van der Waals surface area contributed by atoms with E-state index < -0.39 is 23.6 Å². The molecule has 0 aliphatic heterocycles. The number of amides is 1. The molecule has 0 aliphatic carbocycles. The smallest absolute Gasteiger partial charge is 0.416 e. The Morgan fingerprint density at radius 2 is 1.59 bits per heavy atom. The van der Waals surface area contributed by atoms with Crippen molar-refractivity contribution in [1.82, 2.24) is 0 Å². The van der Waals surface area contributed by atoms with E-state index in [0.717, 1.165) is 29.8 Å². The first-order valence-corrected chi connectivity index (χ1v) is 9.35. The number of nitrogens with one attached hydrogen (secondary N) is 1. The molecule has 0 saturated carbocycles. The SMILES string of the molecule is COc1cccc(/C=C/c2ccc(C(=O)O)c(NC(=O)c3ccc(C(F)(F)F)cc3)c2)c1. The zero-order valence-corrected chi connectivity index (χ0v) is 16.8. The van der Waals surface area contributed by atoms with Crippen LogP contribution in [0.15, 0.2) is 66.7 Å². The fraction of sp³-hybridized carbons (Fsp3) is 0.0833. The number of carbonyl (C=O) groups excluding carboxylic acids is 1. The molecule has 0 bridgehead atoms. The molecule has 8 heteroatoms. The van der Waals surface area contributed by atoms with Crippen molar-refractivity contribution in [2.45, 2.75) is 6.18 Å². The molecule has 5 nitrogen and oxygen atoms in total. The fourth-order valence-electron chi connectivity index (χ4n) is 2.90. The Morgan fingerprint density at radius 1 is 0.938 bits per heavy atom. The van der Waals surface area contributed by atoms with Gasteiger partial charge in [0, 0.05) is 5.56 Å². The van der Waals surface area contributed by atoms with Gasteiger partial charge in [0.2, 0.25) is 0 Å². The minimum Gasteiger partial charge on any atom is -0.497 e. The summed E-state index contributed by atoms with van der Waals surface area (Å²) in [4.78, 5) is 24.0. The molecule has 2 N–H and O–H groups in total. The highest BCUT2D eigenvalue weighted by atomic mass is 19.4. The van der Waals surface area contributed by atoms with Crippen LogP contribution >= 0.6 is 0 Å². The average Bonchev–Trinajstić information content (AvgIpc) is 2.77. The van der Waals surface area contributed by atoms with Crippen LogP contribution in [0.2, 0.25) is 0 Å². The molecule has 0 aliphatic rings. The molecular weight excluding hydrogens is 423 g/mol. The highest BCUT2D eigenvalue weighted by Gasteiger charge is 2.30. The van der Waals surface area contributed by atoms with Gasteiger partial charge < -0.3 is 15.2 Å². The second-order valence-electron chi connectivity index (χ2n) is 6.75. The molecule has 0 unspecified atom stereocenters. The minimum absolute atomic E-state index is 0.0233. The second-order valence-corrected chi connectivity index (χ2v) is 6.75. The van der Waals surface area contributed by atoms with Crippen LogP contribution in [0.3, 0.4) is 0 Å². The van der Waals surface area contributed by atoms with Crippen LogP contribution in [0.1, 0.15) is 37.4 Å². The van der Waals surface area contributed by atoms with E-state index in [-0.39, 0.29) is 16.8 Å². The van der Waals surface area contributed by atoms with Crippen molar-refractivity contribution in [1.29, 1.82) is 0 Å². The van der Waals surface area contributed by atoms with Gasteiger partial charge in [0.05, 0.1) is 23.9 Å². The molecule has 0 atom stereocenters. The van der Waals surface area contributed by atoms with Gasteiger partial charge in [-0.05, 0) is 59.7 Å². The highest BCUT2D eigenvalue weighted by molar-refractivity contribution is 6.08. The molecule has 3 aromatic rings. The monoisotopic (exact) mass is 441 g/mol. The summed E-state index contributed by atoms with van der Waals surface area (Å²) in [5, 5.41) is 11.9. The van der Waals surface area contributed by atoms with Gasteiger partial charge in [-0.15, -0.1) is 0 Å². The van der Waals surface area contributed by atoms with E-state index in [4.69, 9.17) is 4.74 Å². The molecule has 164 valence electrons. The molecule has 32 heavy (non-hydrogen) atoms. The molecular formula is C24H18F3NO4. The number of hydrogen-bond acceptors (Lipinski definition) is 3. The predicted molar refractivity (Wildman–Crippen MR) is 115 cm³/mol. The van der Waals surface area contributed by atoms with E-state index in [1.165, 1.54) is 12.1 Å². The van der Waals surface area contributed by atoms with Crippen molar-refractivity contribution < 1.29 is 32.6 Å². The number of carbonyl (C=O) groups is 2. The van der Waals surface area contributed by atoms with Crippen molar-refractivity contribution in [2.24, 2.45) is 0 Å². The van der Waals surface area contributed by atoms with Crippen LogP contribution in [0, 0.1) is 0 Å². The van der Waals surface area contributed by atoms with Gasteiger partial charge in [0.1, 0.15) is 5.75 Å². The lowest BCUT2D eigenvalue weighted by molar-refractivity contribution is -0.137. The molecule has 0 saturated heterocycles. The van der Waals surface area contributed by atoms with Gasteiger partial charge >= 0.3 is 12.1 Å². The number of rotatable bonds is 6. The molecule has 0 aromatic heterocycles. The number of hydrogen-bond donors (Lipinski definition) is 2. The molecule has 0 fully saturated rings. The van der Waals surface area contributed by atoms with Crippen molar-refractivity contribution in [2.75, 3.05) is 12.4 Å². The Bertz CT molecular complexity index is 1170. The summed E-state index contributed by atoms with van der Waals surface area (Å²) in [5.41, 5.74) is 0.415. The Hall–Kier alpha value is -4.07. The average molecular weight is 441 g/mol. The molecule has 3 rings (SSSR count). The van der Waals surface area contributed by atoms with Crippen LogP contribution in [-0.4, -0.2) is 24.1 Å². The zero-order valence-electron chi connectivity index (χ0n) is 16.8. The first kappa shape index (κ1) is 22.6. The van der Waals surface area contributed by atoms with Crippen LogP contribution in [0.4, 0.5) is 18.9 Å². The van der Waals surface area contributed by atoms with E-state index in [1.54, 1.807) is 31.4 Å². The summed E-state index contributed by atoms with van der Waals surface area (Å²) in [7, 11) is 1.55. The molecule has 1 amide bonds. The minimum atomic E-state index is -4.52. The summed E-state index contributed by atoms with van der Waals surface area (Å²) < 4.78 is 43.3.